The highest BCUT2D eigenvalue weighted by Gasteiger charge is 2.31. The van der Waals surface area contributed by atoms with E-state index in [1.165, 1.54) is 6.92 Å². The summed E-state index contributed by atoms with van der Waals surface area (Å²) in [4.78, 5) is 23.2. The van der Waals surface area contributed by atoms with Crippen molar-refractivity contribution in [3.8, 4) is 0 Å². The summed E-state index contributed by atoms with van der Waals surface area (Å²) in [5, 5.41) is 8.10. The van der Waals surface area contributed by atoms with Crippen molar-refractivity contribution in [3.63, 3.8) is 0 Å². The van der Waals surface area contributed by atoms with E-state index in [0.717, 1.165) is 37.7 Å². The van der Waals surface area contributed by atoms with Crippen LogP contribution in [-0.2, 0) is 15.8 Å². The van der Waals surface area contributed by atoms with E-state index >= 15 is 0 Å². The molecule has 0 saturated carbocycles. The number of anilines is 2. The highest BCUT2D eigenvalue weighted by Crippen LogP contribution is 2.34. The molecule has 1 aliphatic heterocycles. The molecule has 5 nitrogen and oxygen atoms in total. The van der Waals surface area contributed by atoms with E-state index in [0.29, 0.717) is 12.3 Å². The Labute approximate surface area is 138 Å². The molecule has 0 aromatic heterocycles. The maximum atomic E-state index is 12.8. The number of hydrogen-bond donors (Lipinski definition) is 3. The zero-order chi connectivity index (χ0) is 17.7. The Kier molecular flexibility index (Phi) is 5.82. The summed E-state index contributed by atoms with van der Waals surface area (Å²) in [6, 6.07) is 2.84. The van der Waals surface area contributed by atoms with Crippen LogP contribution in [0.3, 0.4) is 0 Å². The lowest BCUT2D eigenvalue weighted by Crippen LogP contribution is -2.17. The van der Waals surface area contributed by atoms with Gasteiger partial charge in [-0.1, -0.05) is 0 Å². The van der Waals surface area contributed by atoms with Crippen LogP contribution < -0.4 is 16.0 Å². The highest BCUT2D eigenvalue weighted by atomic mass is 19.4. The molecule has 1 aromatic rings. The van der Waals surface area contributed by atoms with Gasteiger partial charge in [-0.05, 0) is 50.0 Å². The van der Waals surface area contributed by atoms with Crippen molar-refractivity contribution in [1.82, 2.24) is 5.32 Å². The summed E-state index contributed by atoms with van der Waals surface area (Å²) in [7, 11) is 0. The monoisotopic (exact) mass is 343 g/mol. The van der Waals surface area contributed by atoms with Gasteiger partial charge >= 0.3 is 6.18 Å². The Morgan fingerprint density at radius 1 is 1.25 bits per heavy atom. The van der Waals surface area contributed by atoms with E-state index in [1.807, 2.05) is 0 Å². The SMILES string of the molecule is CC(=O)Nc1ccc(C(F)(F)F)cc1NC(=O)CCC1CCNC1. The van der Waals surface area contributed by atoms with E-state index in [9.17, 15) is 22.8 Å². The van der Waals surface area contributed by atoms with Crippen LogP contribution in [-0.4, -0.2) is 24.9 Å². The zero-order valence-corrected chi connectivity index (χ0v) is 13.3. The molecule has 3 N–H and O–H groups in total. The summed E-state index contributed by atoms with van der Waals surface area (Å²) >= 11 is 0. The van der Waals surface area contributed by atoms with Gasteiger partial charge in [-0.2, -0.15) is 13.2 Å². The van der Waals surface area contributed by atoms with Gasteiger partial charge in [0.2, 0.25) is 11.8 Å². The summed E-state index contributed by atoms with van der Waals surface area (Å²) in [5.74, 6) is -0.387. The molecule has 1 fully saturated rings. The second-order valence-corrected chi connectivity index (χ2v) is 5.88. The number of benzene rings is 1. The van der Waals surface area contributed by atoms with Gasteiger partial charge in [0.15, 0.2) is 0 Å². The van der Waals surface area contributed by atoms with Crippen LogP contribution >= 0.6 is 0 Å². The zero-order valence-electron chi connectivity index (χ0n) is 13.3. The Hall–Kier alpha value is -2.09. The minimum absolute atomic E-state index is 0.0467. The van der Waals surface area contributed by atoms with Crippen LogP contribution in [0.5, 0.6) is 0 Å². The van der Waals surface area contributed by atoms with Gasteiger partial charge in [0.25, 0.3) is 0 Å². The van der Waals surface area contributed by atoms with Gasteiger partial charge in [-0.25, -0.2) is 0 Å². The normalized spacial score (nSPS) is 17.6. The lowest BCUT2D eigenvalue weighted by Gasteiger charge is -2.15. The molecule has 0 aliphatic carbocycles. The molecule has 1 atom stereocenters. The fourth-order valence-electron chi connectivity index (χ4n) is 2.63. The average molecular weight is 343 g/mol. The van der Waals surface area contributed by atoms with E-state index in [1.54, 1.807) is 0 Å². The maximum absolute atomic E-state index is 12.8. The van der Waals surface area contributed by atoms with Crippen molar-refractivity contribution in [2.75, 3.05) is 23.7 Å². The number of halogens is 3. The summed E-state index contributed by atoms with van der Waals surface area (Å²) in [5.41, 5.74) is -0.784. The number of alkyl halides is 3. The standard InChI is InChI=1S/C16H20F3N3O2/c1-10(23)21-13-4-3-12(16(17,18)19)8-14(13)22-15(24)5-2-11-6-7-20-9-11/h3-4,8,11,20H,2,5-7,9H2,1H3,(H,21,23)(H,22,24). The van der Waals surface area contributed by atoms with Crippen LogP contribution in [0, 0.1) is 5.92 Å². The number of hydrogen-bond acceptors (Lipinski definition) is 3. The molecule has 1 unspecified atom stereocenters. The first-order valence-electron chi connectivity index (χ1n) is 7.75. The van der Waals surface area contributed by atoms with Gasteiger partial charge in [0.1, 0.15) is 0 Å². The first-order chi connectivity index (χ1) is 11.3. The molecule has 2 rings (SSSR count). The Morgan fingerprint density at radius 2 is 2.00 bits per heavy atom. The van der Waals surface area contributed by atoms with Gasteiger partial charge < -0.3 is 16.0 Å². The molecule has 2 amide bonds. The molecule has 0 spiro atoms. The maximum Gasteiger partial charge on any atom is 0.416 e. The van der Waals surface area contributed by atoms with Crippen LogP contribution in [0.2, 0.25) is 0 Å². The molecular formula is C16H20F3N3O2. The molecule has 1 saturated heterocycles. The van der Waals surface area contributed by atoms with Gasteiger partial charge in [-0.15, -0.1) is 0 Å². The molecule has 8 heteroatoms. The number of rotatable bonds is 5. The van der Waals surface area contributed by atoms with Crippen molar-refractivity contribution < 1.29 is 22.8 Å². The molecule has 1 aromatic carbocycles. The molecular weight excluding hydrogens is 323 g/mol. The Bertz CT molecular complexity index is 611. The summed E-state index contributed by atoms with van der Waals surface area (Å²) in [6.07, 6.45) is -2.63. The third-order valence-corrected chi connectivity index (χ3v) is 3.87. The summed E-state index contributed by atoms with van der Waals surface area (Å²) in [6.45, 7) is 3.02. The number of amides is 2. The van der Waals surface area contributed by atoms with Crippen molar-refractivity contribution in [1.29, 1.82) is 0 Å². The smallest absolute Gasteiger partial charge is 0.325 e. The van der Waals surface area contributed by atoms with Gasteiger partial charge in [0.05, 0.1) is 16.9 Å². The Morgan fingerprint density at radius 3 is 2.58 bits per heavy atom. The topological polar surface area (TPSA) is 70.2 Å². The van der Waals surface area contributed by atoms with Crippen molar-refractivity contribution in [2.24, 2.45) is 5.92 Å². The van der Waals surface area contributed by atoms with Crippen molar-refractivity contribution in [2.45, 2.75) is 32.4 Å². The van der Waals surface area contributed by atoms with Crippen LogP contribution in [0.4, 0.5) is 24.5 Å². The fourth-order valence-corrected chi connectivity index (χ4v) is 2.63. The second-order valence-electron chi connectivity index (χ2n) is 5.88. The number of nitrogens with one attached hydrogen (secondary N) is 3. The van der Waals surface area contributed by atoms with Gasteiger partial charge in [0, 0.05) is 13.3 Å². The Balaban J connectivity index is 2.09. The lowest BCUT2D eigenvalue weighted by atomic mass is 10.0. The highest BCUT2D eigenvalue weighted by molar-refractivity contribution is 5.99. The fraction of sp³-hybridized carbons (Fsp3) is 0.500. The van der Waals surface area contributed by atoms with Crippen LogP contribution in [0.25, 0.3) is 0 Å². The van der Waals surface area contributed by atoms with E-state index in [2.05, 4.69) is 16.0 Å². The molecule has 24 heavy (non-hydrogen) atoms. The molecule has 0 bridgehead atoms. The predicted octanol–water partition coefficient (Wildman–Crippen LogP) is 2.99. The van der Waals surface area contributed by atoms with Crippen LogP contribution in [0.15, 0.2) is 18.2 Å². The first-order valence-corrected chi connectivity index (χ1v) is 7.75. The van der Waals surface area contributed by atoms with Crippen molar-refractivity contribution >= 4 is 23.2 Å². The molecule has 132 valence electrons. The minimum Gasteiger partial charge on any atom is -0.325 e. The van der Waals surface area contributed by atoms with E-state index < -0.39 is 17.6 Å². The third kappa shape index (κ3) is 5.23. The van der Waals surface area contributed by atoms with E-state index in [4.69, 9.17) is 0 Å². The number of carbonyl (C=O) groups is 2. The lowest BCUT2D eigenvalue weighted by molar-refractivity contribution is -0.137. The van der Waals surface area contributed by atoms with E-state index in [-0.39, 0.29) is 23.7 Å². The number of carbonyl (C=O) groups excluding carboxylic acids is 2. The van der Waals surface area contributed by atoms with Crippen LogP contribution in [0.1, 0.15) is 31.7 Å². The molecule has 1 aliphatic rings. The average Bonchev–Trinajstić information content (AvgIpc) is 2.98. The predicted molar refractivity (Wildman–Crippen MR) is 84.6 cm³/mol. The molecule has 1 heterocycles. The van der Waals surface area contributed by atoms with Crippen molar-refractivity contribution in [3.05, 3.63) is 23.8 Å². The first kappa shape index (κ1) is 18.3. The largest absolute Gasteiger partial charge is 0.416 e. The quantitative estimate of drug-likeness (QED) is 0.770. The third-order valence-electron chi connectivity index (χ3n) is 3.87. The molecule has 0 radical (unpaired) electrons. The van der Waals surface area contributed by atoms with Gasteiger partial charge in [-0.3, -0.25) is 9.59 Å². The minimum atomic E-state index is -4.52. The summed E-state index contributed by atoms with van der Waals surface area (Å²) < 4.78 is 38.5. The second kappa shape index (κ2) is 7.65.